The van der Waals surface area contributed by atoms with Crippen LogP contribution in [0.15, 0.2) is 47.1 Å². The van der Waals surface area contributed by atoms with Crippen LogP contribution < -0.4 is 10.6 Å². The van der Waals surface area contributed by atoms with Crippen LogP contribution in [-0.4, -0.2) is 17.9 Å². The maximum atomic E-state index is 12.0. The molecule has 0 fully saturated rings. The van der Waals surface area contributed by atoms with Crippen LogP contribution in [-0.2, 0) is 6.54 Å². The summed E-state index contributed by atoms with van der Waals surface area (Å²) in [4.78, 5) is 23.7. The van der Waals surface area contributed by atoms with E-state index in [1.807, 2.05) is 26.0 Å². The Morgan fingerprint density at radius 1 is 1.14 bits per heavy atom. The topological polar surface area (TPSA) is 71.3 Å². The number of furan rings is 1. The molecule has 116 valence electrons. The second-order valence-electron chi connectivity index (χ2n) is 5.14. The number of benzene rings is 1. The lowest BCUT2D eigenvalue weighted by molar-refractivity contribution is 0.0919. The zero-order valence-electron chi connectivity index (χ0n) is 12.8. The number of nitrogens with one attached hydrogen (secondary N) is 2. The van der Waals surface area contributed by atoms with Crippen LogP contribution in [0.25, 0.3) is 0 Å². The molecule has 1 atom stereocenters. The second-order valence-corrected chi connectivity index (χ2v) is 5.14. The molecule has 1 unspecified atom stereocenters. The van der Waals surface area contributed by atoms with E-state index in [1.165, 1.54) is 6.26 Å². The summed E-state index contributed by atoms with van der Waals surface area (Å²) in [5, 5.41) is 5.67. The smallest absolute Gasteiger partial charge is 0.287 e. The third kappa shape index (κ3) is 4.22. The van der Waals surface area contributed by atoms with Gasteiger partial charge >= 0.3 is 0 Å². The molecular weight excluding hydrogens is 280 g/mol. The Morgan fingerprint density at radius 3 is 2.45 bits per heavy atom. The molecule has 2 amide bonds. The minimum atomic E-state index is -0.261. The third-order valence-corrected chi connectivity index (χ3v) is 3.40. The highest BCUT2D eigenvalue weighted by atomic mass is 16.3. The zero-order valence-corrected chi connectivity index (χ0v) is 12.8. The third-order valence-electron chi connectivity index (χ3n) is 3.40. The highest BCUT2D eigenvalue weighted by molar-refractivity contribution is 5.94. The molecule has 5 heteroatoms. The first kappa shape index (κ1) is 15.8. The lowest BCUT2D eigenvalue weighted by Gasteiger charge is -2.11. The fourth-order valence-electron chi connectivity index (χ4n) is 1.86. The van der Waals surface area contributed by atoms with Crippen molar-refractivity contribution in [2.45, 2.75) is 32.9 Å². The van der Waals surface area contributed by atoms with Crippen LogP contribution in [0.4, 0.5) is 0 Å². The van der Waals surface area contributed by atoms with Gasteiger partial charge in [-0.3, -0.25) is 9.59 Å². The van der Waals surface area contributed by atoms with E-state index in [2.05, 4.69) is 10.6 Å². The molecule has 5 nitrogen and oxygen atoms in total. The predicted octanol–water partition coefficient (Wildman–Crippen LogP) is 2.74. The summed E-state index contributed by atoms with van der Waals surface area (Å²) in [5.74, 6) is -0.0614. The first-order valence-electron chi connectivity index (χ1n) is 7.31. The first-order valence-corrected chi connectivity index (χ1v) is 7.31. The average molecular weight is 300 g/mol. The SMILES string of the molecule is CCC(C)NC(=O)c1ccc(CNC(=O)c2ccco2)cc1. The highest BCUT2D eigenvalue weighted by Crippen LogP contribution is 2.06. The molecule has 0 spiro atoms. The quantitative estimate of drug-likeness (QED) is 0.861. The minimum Gasteiger partial charge on any atom is -0.459 e. The van der Waals surface area contributed by atoms with Gasteiger partial charge in [-0.2, -0.15) is 0 Å². The van der Waals surface area contributed by atoms with Crippen LogP contribution in [0.2, 0.25) is 0 Å². The van der Waals surface area contributed by atoms with Gasteiger partial charge < -0.3 is 15.1 Å². The van der Waals surface area contributed by atoms with E-state index in [4.69, 9.17) is 4.42 Å². The fraction of sp³-hybridized carbons (Fsp3) is 0.294. The van der Waals surface area contributed by atoms with Crippen molar-refractivity contribution in [3.8, 4) is 0 Å². The molecule has 0 aliphatic carbocycles. The standard InChI is InChI=1S/C17H20N2O3/c1-3-12(2)19-16(20)14-8-6-13(7-9-14)11-18-17(21)15-5-4-10-22-15/h4-10,12H,3,11H2,1-2H3,(H,18,21)(H,19,20). The average Bonchev–Trinajstić information content (AvgIpc) is 3.07. The number of hydrogen-bond donors (Lipinski definition) is 2. The van der Waals surface area contributed by atoms with Gasteiger partial charge in [-0.05, 0) is 43.2 Å². The van der Waals surface area contributed by atoms with Gasteiger partial charge in [0.25, 0.3) is 11.8 Å². The van der Waals surface area contributed by atoms with Crippen LogP contribution in [0, 0.1) is 0 Å². The molecule has 0 aliphatic heterocycles. The summed E-state index contributed by atoms with van der Waals surface area (Å²) in [6, 6.07) is 10.6. The van der Waals surface area contributed by atoms with E-state index in [1.54, 1.807) is 24.3 Å². The Balaban J connectivity index is 1.89. The Hall–Kier alpha value is -2.56. The lowest BCUT2D eigenvalue weighted by Crippen LogP contribution is -2.31. The van der Waals surface area contributed by atoms with E-state index < -0.39 is 0 Å². The number of hydrogen-bond acceptors (Lipinski definition) is 3. The zero-order chi connectivity index (χ0) is 15.9. The van der Waals surface area contributed by atoms with Crippen LogP contribution in [0.5, 0.6) is 0 Å². The van der Waals surface area contributed by atoms with Crippen molar-refractivity contribution < 1.29 is 14.0 Å². The fourth-order valence-corrected chi connectivity index (χ4v) is 1.86. The summed E-state index contributed by atoms with van der Waals surface area (Å²) < 4.78 is 5.02. The van der Waals surface area contributed by atoms with Gasteiger partial charge in [0.2, 0.25) is 0 Å². The summed E-state index contributed by atoms with van der Waals surface area (Å²) in [5.41, 5.74) is 1.53. The van der Waals surface area contributed by atoms with Crippen molar-refractivity contribution in [1.82, 2.24) is 10.6 Å². The van der Waals surface area contributed by atoms with Gasteiger partial charge in [0.05, 0.1) is 6.26 Å². The van der Waals surface area contributed by atoms with Gasteiger partial charge in [-0.15, -0.1) is 0 Å². The Labute approximate surface area is 129 Å². The number of carbonyl (C=O) groups is 2. The molecule has 0 bridgehead atoms. The number of amides is 2. The molecule has 2 rings (SSSR count). The molecular formula is C17H20N2O3. The van der Waals surface area contributed by atoms with Crippen molar-refractivity contribution in [3.05, 3.63) is 59.5 Å². The summed E-state index contributed by atoms with van der Waals surface area (Å²) in [7, 11) is 0. The molecule has 0 saturated carbocycles. The highest BCUT2D eigenvalue weighted by Gasteiger charge is 2.09. The van der Waals surface area contributed by atoms with E-state index in [0.717, 1.165) is 12.0 Å². The van der Waals surface area contributed by atoms with Gasteiger partial charge in [-0.25, -0.2) is 0 Å². The van der Waals surface area contributed by atoms with E-state index >= 15 is 0 Å². The molecule has 22 heavy (non-hydrogen) atoms. The maximum Gasteiger partial charge on any atom is 0.287 e. The van der Waals surface area contributed by atoms with Crippen molar-refractivity contribution in [2.24, 2.45) is 0 Å². The van der Waals surface area contributed by atoms with Crippen LogP contribution >= 0.6 is 0 Å². The minimum absolute atomic E-state index is 0.0829. The molecule has 2 aromatic rings. The second kappa shape index (κ2) is 7.45. The first-order chi connectivity index (χ1) is 10.6. The van der Waals surface area contributed by atoms with Gasteiger partial charge in [0.1, 0.15) is 0 Å². The molecule has 2 N–H and O–H groups in total. The van der Waals surface area contributed by atoms with E-state index in [-0.39, 0.29) is 23.6 Å². The Morgan fingerprint density at radius 2 is 1.86 bits per heavy atom. The molecule has 1 aromatic heterocycles. The molecule has 0 aliphatic rings. The Kier molecular flexibility index (Phi) is 5.36. The van der Waals surface area contributed by atoms with Gasteiger partial charge in [0, 0.05) is 18.2 Å². The maximum absolute atomic E-state index is 12.0. The largest absolute Gasteiger partial charge is 0.459 e. The van der Waals surface area contributed by atoms with Gasteiger partial charge in [-0.1, -0.05) is 19.1 Å². The van der Waals surface area contributed by atoms with Crippen LogP contribution in [0.3, 0.4) is 0 Å². The summed E-state index contributed by atoms with van der Waals surface area (Å²) in [6.45, 7) is 4.37. The number of carbonyl (C=O) groups excluding carboxylic acids is 2. The summed E-state index contributed by atoms with van der Waals surface area (Å²) >= 11 is 0. The normalized spacial score (nSPS) is 11.7. The molecule has 1 heterocycles. The van der Waals surface area contributed by atoms with Crippen molar-refractivity contribution in [3.63, 3.8) is 0 Å². The van der Waals surface area contributed by atoms with Crippen molar-refractivity contribution in [1.29, 1.82) is 0 Å². The van der Waals surface area contributed by atoms with Crippen molar-refractivity contribution >= 4 is 11.8 Å². The molecule has 0 saturated heterocycles. The van der Waals surface area contributed by atoms with Crippen LogP contribution in [0.1, 0.15) is 46.7 Å². The number of rotatable bonds is 6. The monoisotopic (exact) mass is 300 g/mol. The lowest BCUT2D eigenvalue weighted by atomic mass is 10.1. The van der Waals surface area contributed by atoms with E-state index in [9.17, 15) is 9.59 Å². The van der Waals surface area contributed by atoms with E-state index in [0.29, 0.717) is 12.1 Å². The van der Waals surface area contributed by atoms with Crippen molar-refractivity contribution in [2.75, 3.05) is 0 Å². The predicted molar refractivity (Wildman–Crippen MR) is 83.5 cm³/mol. The van der Waals surface area contributed by atoms with Gasteiger partial charge in [0.15, 0.2) is 5.76 Å². The Bertz CT molecular complexity index is 618. The molecule has 1 aromatic carbocycles. The summed E-state index contributed by atoms with van der Waals surface area (Å²) in [6.07, 6.45) is 2.35. The molecule has 0 radical (unpaired) electrons.